The molecule has 5 nitrogen and oxygen atoms in total. The molecule has 0 bridgehead atoms. The van der Waals surface area contributed by atoms with Crippen molar-refractivity contribution in [2.75, 3.05) is 0 Å². The number of allylic oxidation sites excluding steroid dienone is 3. The number of carbonyl (C=O) groups excluding carboxylic acids is 2. The van der Waals surface area contributed by atoms with Crippen molar-refractivity contribution in [3.63, 3.8) is 0 Å². The summed E-state index contributed by atoms with van der Waals surface area (Å²) in [5.74, 6) is -0.904. The molecule has 4 N–H and O–H groups in total. The molecule has 0 saturated carbocycles. The van der Waals surface area contributed by atoms with Gasteiger partial charge in [0.15, 0.2) is 0 Å². The zero-order chi connectivity index (χ0) is 17.3. The Hall–Kier alpha value is -2.40. The minimum Gasteiger partial charge on any atom is -0.369 e. The summed E-state index contributed by atoms with van der Waals surface area (Å²) in [6.07, 6.45) is 6.21. The summed E-state index contributed by atoms with van der Waals surface area (Å²) >= 11 is 0. The molecule has 0 radical (unpaired) electrons. The van der Waals surface area contributed by atoms with E-state index in [4.69, 9.17) is 10.9 Å². The summed E-state index contributed by atoms with van der Waals surface area (Å²) in [6.45, 7) is 6.00. The molecular weight excluding hydrogens is 292 g/mol. The van der Waals surface area contributed by atoms with E-state index in [-0.39, 0.29) is 11.3 Å². The highest BCUT2D eigenvalue weighted by Gasteiger charge is 2.46. The Labute approximate surface area is 135 Å². The molecule has 23 heavy (non-hydrogen) atoms. The molecule has 122 valence electrons. The average molecular weight is 314 g/mol. The molecule has 1 unspecified atom stereocenters. The van der Waals surface area contributed by atoms with Crippen molar-refractivity contribution < 1.29 is 14.8 Å². The average Bonchev–Trinajstić information content (AvgIpc) is 2.53. The highest BCUT2D eigenvalue weighted by Crippen LogP contribution is 2.48. The van der Waals surface area contributed by atoms with E-state index in [2.05, 4.69) is 0 Å². The first-order valence-electron chi connectivity index (χ1n) is 7.44. The zero-order valence-corrected chi connectivity index (χ0v) is 13.6. The number of primary amides is 1. The topological polar surface area (TPSA) is 92.4 Å². The van der Waals surface area contributed by atoms with Crippen LogP contribution < -0.4 is 11.2 Å². The lowest BCUT2D eigenvalue weighted by molar-refractivity contribution is -0.129. The van der Waals surface area contributed by atoms with Gasteiger partial charge in [-0.25, -0.2) is 5.48 Å². The summed E-state index contributed by atoms with van der Waals surface area (Å²) in [4.78, 5) is 23.5. The second-order valence-electron chi connectivity index (χ2n) is 6.83. The summed E-state index contributed by atoms with van der Waals surface area (Å²) in [5, 5.41) is 8.65. The molecular formula is C18H22N2O3. The van der Waals surface area contributed by atoms with Crippen LogP contribution in [-0.4, -0.2) is 17.0 Å². The normalized spacial score (nSPS) is 20.8. The van der Waals surface area contributed by atoms with E-state index >= 15 is 0 Å². The van der Waals surface area contributed by atoms with Gasteiger partial charge in [-0.15, -0.1) is 0 Å². The van der Waals surface area contributed by atoms with Crippen LogP contribution in [0.15, 0.2) is 42.5 Å². The van der Waals surface area contributed by atoms with E-state index in [1.165, 1.54) is 0 Å². The number of rotatable bonds is 3. The number of hydrogen-bond donors (Lipinski definition) is 3. The van der Waals surface area contributed by atoms with E-state index in [0.717, 1.165) is 11.1 Å². The first kappa shape index (κ1) is 17.0. The first-order chi connectivity index (χ1) is 10.7. The number of benzene rings is 1. The van der Waals surface area contributed by atoms with E-state index in [1.54, 1.807) is 29.7 Å². The smallest absolute Gasteiger partial charge is 0.274 e. The predicted octanol–water partition coefficient (Wildman–Crippen LogP) is 2.67. The Morgan fingerprint density at radius 2 is 1.83 bits per heavy atom. The Kier molecular flexibility index (Phi) is 4.43. The van der Waals surface area contributed by atoms with Crippen LogP contribution in [0.1, 0.15) is 43.1 Å². The Morgan fingerprint density at radius 1 is 1.22 bits per heavy atom. The van der Waals surface area contributed by atoms with Crippen LogP contribution in [0.5, 0.6) is 0 Å². The number of nitrogens with two attached hydrogens (primary N) is 1. The second-order valence-corrected chi connectivity index (χ2v) is 6.83. The second kappa shape index (κ2) is 6.01. The monoisotopic (exact) mass is 314 g/mol. The zero-order valence-electron chi connectivity index (χ0n) is 13.6. The third-order valence-electron chi connectivity index (χ3n) is 4.54. The lowest BCUT2D eigenvalue weighted by Crippen LogP contribution is -2.46. The van der Waals surface area contributed by atoms with Crippen LogP contribution in [0.3, 0.4) is 0 Å². The highest BCUT2D eigenvalue weighted by molar-refractivity contribution is 5.94. The molecule has 0 heterocycles. The molecule has 5 heteroatoms. The van der Waals surface area contributed by atoms with E-state index < -0.39 is 11.3 Å². The Balaban J connectivity index is 2.35. The standard InChI is InChI=1S/C18H22N2O3/c1-17(2,3)18(16(19)22)10-4-5-14(11-18)12-6-8-13(9-7-12)15(21)20-23/h4-10,23H,11H2,1-3H3,(H2,19,22)(H,20,21). The Bertz CT molecular complexity index is 681. The third-order valence-corrected chi connectivity index (χ3v) is 4.54. The van der Waals surface area contributed by atoms with Crippen molar-refractivity contribution in [3.05, 3.63) is 53.6 Å². The third kappa shape index (κ3) is 3.05. The molecule has 0 spiro atoms. The molecule has 0 fully saturated rings. The van der Waals surface area contributed by atoms with Crippen LogP contribution in [0, 0.1) is 10.8 Å². The predicted molar refractivity (Wildman–Crippen MR) is 88.5 cm³/mol. The van der Waals surface area contributed by atoms with Crippen molar-refractivity contribution in [2.45, 2.75) is 27.2 Å². The van der Waals surface area contributed by atoms with Crippen molar-refractivity contribution >= 4 is 17.4 Å². The van der Waals surface area contributed by atoms with Crippen LogP contribution in [-0.2, 0) is 4.79 Å². The fourth-order valence-electron chi connectivity index (χ4n) is 2.90. The minimum absolute atomic E-state index is 0.314. The summed E-state index contributed by atoms with van der Waals surface area (Å²) in [5.41, 5.74) is 8.51. The Morgan fingerprint density at radius 3 is 2.30 bits per heavy atom. The molecule has 1 aromatic rings. The summed E-state index contributed by atoms with van der Waals surface area (Å²) in [6, 6.07) is 6.85. The van der Waals surface area contributed by atoms with Gasteiger partial charge >= 0.3 is 0 Å². The lowest BCUT2D eigenvalue weighted by Gasteiger charge is -2.42. The number of carbonyl (C=O) groups is 2. The molecule has 1 aliphatic carbocycles. The van der Waals surface area contributed by atoms with Gasteiger partial charge in [-0.05, 0) is 35.1 Å². The van der Waals surface area contributed by atoms with Gasteiger partial charge in [-0.3, -0.25) is 14.8 Å². The number of hydroxylamine groups is 1. The van der Waals surface area contributed by atoms with E-state index in [1.807, 2.05) is 39.0 Å². The quantitative estimate of drug-likeness (QED) is 0.591. The highest BCUT2D eigenvalue weighted by atomic mass is 16.5. The van der Waals surface area contributed by atoms with Gasteiger partial charge < -0.3 is 5.73 Å². The summed E-state index contributed by atoms with van der Waals surface area (Å²) < 4.78 is 0. The molecule has 0 aromatic heterocycles. The molecule has 0 aliphatic heterocycles. The fraction of sp³-hybridized carbons (Fsp3) is 0.333. The molecule has 0 saturated heterocycles. The maximum absolute atomic E-state index is 12.1. The molecule has 2 rings (SSSR count). The van der Waals surface area contributed by atoms with Gasteiger partial charge in [-0.2, -0.15) is 0 Å². The number of hydrogen-bond acceptors (Lipinski definition) is 3. The largest absolute Gasteiger partial charge is 0.369 e. The van der Waals surface area contributed by atoms with Crippen molar-refractivity contribution in [1.82, 2.24) is 5.48 Å². The summed E-state index contributed by atoms with van der Waals surface area (Å²) in [7, 11) is 0. The van der Waals surface area contributed by atoms with Gasteiger partial charge in [0.05, 0.1) is 5.41 Å². The minimum atomic E-state index is -0.752. The van der Waals surface area contributed by atoms with Gasteiger partial charge in [0.1, 0.15) is 0 Å². The van der Waals surface area contributed by atoms with Crippen molar-refractivity contribution in [3.8, 4) is 0 Å². The fourth-order valence-corrected chi connectivity index (χ4v) is 2.90. The number of nitrogens with one attached hydrogen (secondary N) is 1. The van der Waals surface area contributed by atoms with Crippen LogP contribution in [0.4, 0.5) is 0 Å². The van der Waals surface area contributed by atoms with E-state index in [9.17, 15) is 9.59 Å². The van der Waals surface area contributed by atoms with Gasteiger partial charge in [0.25, 0.3) is 5.91 Å². The molecule has 2 amide bonds. The molecule has 1 atom stereocenters. The van der Waals surface area contributed by atoms with Gasteiger partial charge in [0.2, 0.25) is 5.91 Å². The SMILES string of the molecule is CC(C)(C)C1(C(N)=O)C=CC=C(c2ccc(C(=O)NO)cc2)C1. The van der Waals surface area contributed by atoms with E-state index in [0.29, 0.717) is 12.0 Å². The van der Waals surface area contributed by atoms with Crippen LogP contribution in [0.2, 0.25) is 0 Å². The van der Waals surface area contributed by atoms with Crippen molar-refractivity contribution in [1.29, 1.82) is 0 Å². The molecule has 1 aliphatic rings. The maximum Gasteiger partial charge on any atom is 0.274 e. The van der Waals surface area contributed by atoms with Gasteiger partial charge in [0, 0.05) is 5.56 Å². The first-order valence-corrected chi connectivity index (χ1v) is 7.44. The lowest BCUT2D eigenvalue weighted by atomic mass is 9.61. The number of amides is 2. The van der Waals surface area contributed by atoms with Crippen LogP contribution >= 0.6 is 0 Å². The molecule has 1 aromatic carbocycles. The maximum atomic E-state index is 12.1. The van der Waals surface area contributed by atoms with Crippen LogP contribution in [0.25, 0.3) is 5.57 Å². The van der Waals surface area contributed by atoms with Crippen molar-refractivity contribution in [2.24, 2.45) is 16.6 Å². The van der Waals surface area contributed by atoms with Gasteiger partial charge in [-0.1, -0.05) is 51.1 Å².